The summed E-state index contributed by atoms with van der Waals surface area (Å²) in [5, 5.41) is 0. The molecule has 3 aliphatic rings. The molecule has 0 bridgehead atoms. The number of hydrogen-bond acceptors (Lipinski definition) is 7. The second kappa shape index (κ2) is 8.07. The van der Waals surface area contributed by atoms with Crippen molar-refractivity contribution in [2.24, 2.45) is 11.8 Å². The number of anilines is 1. The predicted molar refractivity (Wildman–Crippen MR) is 127 cm³/mol. The Morgan fingerprint density at radius 1 is 0.811 bits per heavy atom. The number of fused-ring (bicyclic) bond motifs is 3. The SMILES string of the molecule is COc1cc(OC)cc(N2C(=O)[C@@H]3[C@@H](c4ccc(F)cc4)OC4(C(=O)c5ccccc5C4=O)[C@@H]3C2=O)c1. The molecule has 9 heteroatoms. The van der Waals surface area contributed by atoms with E-state index in [2.05, 4.69) is 0 Å². The molecule has 1 aliphatic carbocycles. The minimum Gasteiger partial charge on any atom is -0.497 e. The summed E-state index contributed by atoms with van der Waals surface area (Å²) in [5.41, 5.74) is -1.40. The fourth-order valence-corrected chi connectivity index (χ4v) is 5.65. The number of halogens is 1. The second-order valence-corrected chi connectivity index (χ2v) is 9.12. The van der Waals surface area contributed by atoms with Gasteiger partial charge in [-0.1, -0.05) is 36.4 Å². The van der Waals surface area contributed by atoms with E-state index in [0.29, 0.717) is 17.1 Å². The molecule has 3 aromatic rings. The number of hydrogen-bond donors (Lipinski definition) is 0. The molecule has 0 unspecified atom stereocenters. The maximum absolute atomic E-state index is 14.0. The number of imide groups is 1. The summed E-state index contributed by atoms with van der Waals surface area (Å²) in [6, 6.07) is 16.0. The summed E-state index contributed by atoms with van der Waals surface area (Å²) in [5.74, 6) is -5.17. The van der Waals surface area contributed by atoms with Crippen LogP contribution in [0.1, 0.15) is 32.4 Å². The van der Waals surface area contributed by atoms with E-state index in [1.54, 1.807) is 18.2 Å². The topological polar surface area (TPSA) is 99.2 Å². The van der Waals surface area contributed by atoms with Crippen LogP contribution in [0.2, 0.25) is 0 Å². The largest absolute Gasteiger partial charge is 0.497 e. The highest BCUT2D eigenvalue weighted by molar-refractivity contribution is 6.37. The van der Waals surface area contributed by atoms with Crippen molar-refractivity contribution in [3.05, 3.63) is 89.2 Å². The Morgan fingerprint density at radius 3 is 1.92 bits per heavy atom. The molecule has 1 spiro atoms. The highest BCUT2D eigenvalue weighted by Crippen LogP contribution is 2.57. The minimum absolute atomic E-state index is 0.132. The molecule has 3 aromatic carbocycles. The van der Waals surface area contributed by atoms with E-state index in [9.17, 15) is 23.6 Å². The van der Waals surface area contributed by atoms with Gasteiger partial charge in [0, 0.05) is 29.3 Å². The van der Waals surface area contributed by atoms with Gasteiger partial charge in [-0.2, -0.15) is 0 Å². The van der Waals surface area contributed by atoms with Crippen molar-refractivity contribution in [3.8, 4) is 11.5 Å². The summed E-state index contributed by atoms with van der Waals surface area (Å²) < 4.78 is 30.5. The number of carbonyl (C=O) groups is 4. The Kier molecular flexibility index (Phi) is 5.03. The molecule has 8 nitrogen and oxygen atoms in total. The van der Waals surface area contributed by atoms with Crippen LogP contribution in [0.3, 0.4) is 0 Å². The number of nitrogens with zero attached hydrogens (tertiary/aromatic N) is 1. The Bertz CT molecular complexity index is 1440. The average molecular weight is 501 g/mol. The number of benzene rings is 3. The molecule has 37 heavy (non-hydrogen) atoms. The maximum atomic E-state index is 14.0. The predicted octanol–water partition coefficient (Wildman–Crippen LogP) is 3.54. The van der Waals surface area contributed by atoms with Gasteiger partial charge in [0.1, 0.15) is 17.3 Å². The molecule has 3 atom stereocenters. The van der Waals surface area contributed by atoms with Gasteiger partial charge < -0.3 is 14.2 Å². The number of carbonyl (C=O) groups excluding carboxylic acids is 4. The van der Waals surface area contributed by atoms with Gasteiger partial charge in [-0.15, -0.1) is 0 Å². The third-order valence-corrected chi connectivity index (χ3v) is 7.31. The van der Waals surface area contributed by atoms with Crippen LogP contribution < -0.4 is 14.4 Å². The summed E-state index contributed by atoms with van der Waals surface area (Å²) >= 11 is 0. The molecule has 0 N–H and O–H groups in total. The van der Waals surface area contributed by atoms with Crippen molar-refractivity contribution in [2.45, 2.75) is 11.7 Å². The van der Waals surface area contributed by atoms with E-state index < -0.39 is 52.7 Å². The molecular formula is C28H20FNO7. The van der Waals surface area contributed by atoms with Crippen molar-refractivity contribution >= 4 is 29.1 Å². The van der Waals surface area contributed by atoms with Gasteiger partial charge in [-0.05, 0) is 17.7 Å². The third kappa shape index (κ3) is 3.04. The standard InChI is InChI=1S/C28H20FNO7/c1-35-17-11-16(12-18(13-17)36-2)30-26(33)21-22(27(30)34)28(37-23(21)14-7-9-15(29)10-8-14)24(31)19-5-3-4-6-20(19)25(28)32/h3-13,21-23H,1-2H3/t21-,22-,23+/m0/s1. The first-order valence-electron chi connectivity index (χ1n) is 11.5. The third-order valence-electron chi connectivity index (χ3n) is 7.31. The van der Waals surface area contributed by atoms with Gasteiger partial charge in [0.2, 0.25) is 29.0 Å². The van der Waals surface area contributed by atoms with Gasteiger partial charge in [0.05, 0.1) is 37.8 Å². The van der Waals surface area contributed by atoms with E-state index in [1.165, 1.54) is 62.8 Å². The van der Waals surface area contributed by atoms with Gasteiger partial charge in [-0.25, -0.2) is 9.29 Å². The molecule has 2 fully saturated rings. The summed E-state index contributed by atoms with van der Waals surface area (Å²) in [7, 11) is 2.86. The molecule has 0 radical (unpaired) electrons. The lowest BCUT2D eigenvalue weighted by Gasteiger charge is -2.27. The summed E-state index contributed by atoms with van der Waals surface area (Å²) in [4.78, 5) is 56.4. The first-order chi connectivity index (χ1) is 17.8. The number of Topliss-reactive ketones (excluding diaryl/α,β-unsaturated/α-hetero) is 2. The molecule has 2 heterocycles. The van der Waals surface area contributed by atoms with Crippen molar-refractivity contribution < 1.29 is 37.8 Å². The van der Waals surface area contributed by atoms with E-state index in [-0.39, 0.29) is 16.8 Å². The molecule has 186 valence electrons. The van der Waals surface area contributed by atoms with Crippen LogP contribution in [0.25, 0.3) is 0 Å². The monoisotopic (exact) mass is 501 g/mol. The second-order valence-electron chi connectivity index (χ2n) is 9.12. The normalized spacial score (nSPS) is 23.5. The van der Waals surface area contributed by atoms with Gasteiger partial charge in [0.25, 0.3) is 0 Å². The fourth-order valence-electron chi connectivity index (χ4n) is 5.65. The smallest absolute Gasteiger partial charge is 0.241 e. The Labute approximate surface area is 210 Å². The highest BCUT2D eigenvalue weighted by atomic mass is 19.1. The van der Waals surface area contributed by atoms with Crippen LogP contribution >= 0.6 is 0 Å². The molecule has 2 aliphatic heterocycles. The van der Waals surface area contributed by atoms with Crippen LogP contribution in [0, 0.1) is 17.7 Å². The molecule has 0 aromatic heterocycles. The van der Waals surface area contributed by atoms with Gasteiger partial charge in [-0.3, -0.25) is 19.2 Å². The van der Waals surface area contributed by atoms with Crippen molar-refractivity contribution in [2.75, 3.05) is 19.1 Å². The van der Waals surface area contributed by atoms with Gasteiger partial charge >= 0.3 is 0 Å². The summed E-state index contributed by atoms with van der Waals surface area (Å²) in [6.07, 6.45) is -1.14. The molecular weight excluding hydrogens is 481 g/mol. The zero-order valence-electron chi connectivity index (χ0n) is 19.8. The Balaban J connectivity index is 1.54. The van der Waals surface area contributed by atoms with Gasteiger partial charge in [0.15, 0.2) is 0 Å². The number of methoxy groups -OCH3 is 2. The van der Waals surface area contributed by atoms with E-state index in [4.69, 9.17) is 14.2 Å². The zero-order valence-corrected chi connectivity index (χ0v) is 19.8. The van der Waals surface area contributed by atoms with Crippen molar-refractivity contribution in [1.82, 2.24) is 0 Å². The quantitative estimate of drug-likeness (QED) is 0.398. The molecule has 2 saturated heterocycles. The van der Waals surface area contributed by atoms with Crippen LogP contribution in [0.5, 0.6) is 11.5 Å². The highest BCUT2D eigenvalue weighted by Gasteiger charge is 2.74. The van der Waals surface area contributed by atoms with E-state index in [0.717, 1.165) is 4.90 Å². The lowest BCUT2D eigenvalue weighted by Crippen LogP contribution is -2.51. The number of ketones is 2. The average Bonchev–Trinajstić information content (AvgIpc) is 3.48. The lowest BCUT2D eigenvalue weighted by molar-refractivity contribution is -0.127. The molecule has 2 amide bonds. The first-order valence-corrected chi connectivity index (χ1v) is 11.5. The first kappa shape index (κ1) is 23.1. The lowest BCUT2D eigenvalue weighted by atomic mass is 9.77. The fraction of sp³-hybridized carbons (Fsp3) is 0.214. The summed E-state index contributed by atoms with van der Waals surface area (Å²) in [6.45, 7) is 0. The van der Waals surface area contributed by atoms with Crippen LogP contribution in [-0.2, 0) is 14.3 Å². The number of ether oxygens (including phenoxy) is 3. The minimum atomic E-state index is -2.21. The van der Waals surface area contributed by atoms with Crippen LogP contribution in [0.4, 0.5) is 10.1 Å². The number of amides is 2. The molecule has 6 rings (SSSR count). The van der Waals surface area contributed by atoms with Crippen LogP contribution in [-0.4, -0.2) is 43.2 Å². The Hall–Kier alpha value is -4.37. The van der Waals surface area contributed by atoms with Crippen molar-refractivity contribution in [1.29, 1.82) is 0 Å². The Morgan fingerprint density at radius 2 is 1.38 bits per heavy atom. The van der Waals surface area contributed by atoms with E-state index >= 15 is 0 Å². The maximum Gasteiger partial charge on any atom is 0.241 e. The number of rotatable bonds is 4. The van der Waals surface area contributed by atoms with Crippen molar-refractivity contribution in [3.63, 3.8) is 0 Å². The van der Waals surface area contributed by atoms with E-state index in [1.807, 2.05) is 0 Å². The van der Waals surface area contributed by atoms with Crippen LogP contribution in [0.15, 0.2) is 66.7 Å². The molecule has 0 saturated carbocycles. The zero-order chi connectivity index (χ0) is 26.1.